The molecule has 1 aliphatic rings. The van der Waals surface area contributed by atoms with Gasteiger partial charge in [0.25, 0.3) is 0 Å². The van der Waals surface area contributed by atoms with Crippen molar-refractivity contribution in [2.75, 3.05) is 13.1 Å². The van der Waals surface area contributed by atoms with Crippen molar-refractivity contribution in [1.82, 2.24) is 4.90 Å². The van der Waals surface area contributed by atoms with Crippen LogP contribution in [0.25, 0.3) is 0 Å². The molecule has 0 saturated heterocycles. The quantitative estimate of drug-likeness (QED) is 0.834. The highest BCUT2D eigenvalue weighted by Crippen LogP contribution is 2.28. The Kier molecular flexibility index (Phi) is 4.41. The summed E-state index contributed by atoms with van der Waals surface area (Å²) in [4.78, 5) is 2.49. The molecule has 18 heavy (non-hydrogen) atoms. The maximum atomic E-state index is 10.3. The summed E-state index contributed by atoms with van der Waals surface area (Å²) in [6, 6.07) is 7.15. The third-order valence-electron chi connectivity index (χ3n) is 3.79. The Labute approximate surface area is 111 Å². The molecule has 1 N–H and O–H groups in total. The zero-order chi connectivity index (χ0) is 13.1. The second kappa shape index (κ2) is 5.85. The fourth-order valence-corrected chi connectivity index (χ4v) is 2.70. The van der Waals surface area contributed by atoms with Gasteiger partial charge in [-0.05, 0) is 45.2 Å². The molecule has 1 saturated carbocycles. The lowest BCUT2D eigenvalue weighted by Crippen LogP contribution is -2.27. The first-order chi connectivity index (χ1) is 8.60. The lowest BCUT2D eigenvalue weighted by Gasteiger charge is -2.22. The van der Waals surface area contributed by atoms with Crippen LogP contribution in [0.1, 0.15) is 49.0 Å². The number of hydrogen-bond acceptors (Lipinski definition) is 2. The molecule has 2 heteroatoms. The predicted molar refractivity (Wildman–Crippen MR) is 75.8 cm³/mol. The molecule has 0 heterocycles. The van der Waals surface area contributed by atoms with Crippen LogP contribution in [0.4, 0.5) is 0 Å². The zero-order valence-corrected chi connectivity index (χ0v) is 11.8. The average Bonchev–Trinajstić information content (AvgIpc) is 3.12. The van der Waals surface area contributed by atoms with E-state index in [2.05, 4.69) is 43.9 Å². The van der Waals surface area contributed by atoms with E-state index in [9.17, 15) is 5.11 Å². The van der Waals surface area contributed by atoms with E-state index in [0.717, 1.165) is 31.1 Å². The summed E-state index contributed by atoms with van der Waals surface area (Å²) in [6.07, 6.45) is 3.20. The highest BCUT2D eigenvalue weighted by molar-refractivity contribution is 5.29. The summed E-state index contributed by atoms with van der Waals surface area (Å²) in [7, 11) is 0. The second-order valence-corrected chi connectivity index (χ2v) is 5.59. The van der Waals surface area contributed by atoms with Gasteiger partial charge in [0.05, 0.1) is 6.10 Å². The van der Waals surface area contributed by atoms with Gasteiger partial charge >= 0.3 is 0 Å². The van der Waals surface area contributed by atoms with Gasteiger partial charge < -0.3 is 10.0 Å². The van der Waals surface area contributed by atoms with E-state index < -0.39 is 0 Å². The third kappa shape index (κ3) is 3.56. The Hall–Kier alpha value is -0.860. The average molecular weight is 247 g/mol. The monoisotopic (exact) mass is 247 g/mol. The minimum absolute atomic E-state index is 0.323. The predicted octanol–water partition coefficient (Wildman–Crippen LogP) is 3.21. The number of rotatable bonds is 6. The van der Waals surface area contributed by atoms with Crippen LogP contribution in [-0.2, 0) is 0 Å². The number of hydrogen-bond donors (Lipinski definition) is 1. The van der Waals surface area contributed by atoms with Crippen LogP contribution in [-0.4, -0.2) is 29.1 Å². The van der Waals surface area contributed by atoms with Gasteiger partial charge in [0.15, 0.2) is 0 Å². The Morgan fingerprint density at radius 3 is 2.33 bits per heavy atom. The molecule has 1 unspecified atom stereocenters. The molecule has 2 nitrogen and oxygen atoms in total. The van der Waals surface area contributed by atoms with Gasteiger partial charge in [-0.2, -0.15) is 0 Å². The van der Waals surface area contributed by atoms with E-state index in [0.29, 0.717) is 0 Å². The van der Waals surface area contributed by atoms with Crippen molar-refractivity contribution in [1.29, 1.82) is 0 Å². The fourth-order valence-electron chi connectivity index (χ4n) is 2.70. The Balaban J connectivity index is 1.91. The van der Waals surface area contributed by atoms with Crippen LogP contribution in [0, 0.1) is 13.8 Å². The van der Waals surface area contributed by atoms with E-state index in [1.165, 1.54) is 24.0 Å². The highest BCUT2D eigenvalue weighted by Gasteiger charge is 2.27. The molecule has 1 aliphatic carbocycles. The molecular formula is C16H25NO. The van der Waals surface area contributed by atoms with E-state index in [1.807, 2.05) is 0 Å². The van der Waals surface area contributed by atoms with Crippen LogP contribution in [0.3, 0.4) is 0 Å². The molecule has 2 rings (SSSR count). The van der Waals surface area contributed by atoms with Crippen molar-refractivity contribution in [3.05, 3.63) is 34.9 Å². The van der Waals surface area contributed by atoms with E-state index >= 15 is 0 Å². The Morgan fingerprint density at radius 2 is 1.83 bits per heavy atom. The van der Waals surface area contributed by atoms with Crippen molar-refractivity contribution >= 4 is 0 Å². The molecule has 1 fully saturated rings. The number of benzene rings is 1. The molecule has 1 aromatic carbocycles. The smallest absolute Gasteiger partial charge is 0.0802 e. The van der Waals surface area contributed by atoms with Crippen LogP contribution < -0.4 is 0 Å². The van der Waals surface area contributed by atoms with Crippen molar-refractivity contribution in [3.8, 4) is 0 Å². The maximum absolute atomic E-state index is 10.3. The van der Waals surface area contributed by atoms with Crippen LogP contribution in [0.15, 0.2) is 18.2 Å². The van der Waals surface area contributed by atoms with Crippen LogP contribution >= 0.6 is 0 Å². The fraction of sp³-hybridized carbons (Fsp3) is 0.625. The minimum Gasteiger partial charge on any atom is -0.388 e. The largest absolute Gasteiger partial charge is 0.388 e. The van der Waals surface area contributed by atoms with Gasteiger partial charge in [-0.15, -0.1) is 0 Å². The van der Waals surface area contributed by atoms with E-state index in [1.54, 1.807) is 0 Å². The van der Waals surface area contributed by atoms with Gasteiger partial charge in [-0.1, -0.05) is 36.2 Å². The number of aliphatic hydroxyl groups is 1. The third-order valence-corrected chi connectivity index (χ3v) is 3.79. The topological polar surface area (TPSA) is 23.5 Å². The lowest BCUT2D eigenvalue weighted by atomic mass is 10.0. The molecule has 0 amide bonds. The van der Waals surface area contributed by atoms with E-state index in [-0.39, 0.29) is 6.10 Å². The maximum Gasteiger partial charge on any atom is 0.0802 e. The summed E-state index contributed by atoms with van der Waals surface area (Å²) in [6.45, 7) is 8.50. The van der Waals surface area contributed by atoms with Gasteiger partial charge in [-0.25, -0.2) is 0 Å². The molecule has 100 valence electrons. The summed E-state index contributed by atoms with van der Waals surface area (Å²) in [5.74, 6) is 0. The number of nitrogens with zero attached hydrogens (tertiary/aromatic N) is 1. The standard InChI is InChI=1S/C16H25NO/c1-4-17(15-5-6-15)8-7-16(18)14-10-12(2)9-13(3)11-14/h9-11,15-16,18H,4-8H2,1-3H3. The number of aliphatic hydroxyl groups excluding tert-OH is 1. The van der Waals surface area contributed by atoms with Crippen LogP contribution in [0.5, 0.6) is 0 Å². The normalized spacial score (nSPS) is 17.2. The number of aryl methyl sites for hydroxylation is 2. The van der Waals surface area contributed by atoms with Crippen molar-refractivity contribution in [3.63, 3.8) is 0 Å². The van der Waals surface area contributed by atoms with Crippen molar-refractivity contribution in [2.24, 2.45) is 0 Å². The molecule has 0 aliphatic heterocycles. The minimum atomic E-state index is -0.323. The first-order valence-electron chi connectivity index (χ1n) is 7.10. The SMILES string of the molecule is CCN(CCC(O)c1cc(C)cc(C)c1)C1CC1. The first-order valence-corrected chi connectivity index (χ1v) is 7.10. The molecule has 0 radical (unpaired) electrons. The molecule has 0 aromatic heterocycles. The van der Waals surface area contributed by atoms with Gasteiger partial charge in [-0.3, -0.25) is 0 Å². The molecule has 0 bridgehead atoms. The molecule has 1 atom stereocenters. The molecule has 0 spiro atoms. The molecular weight excluding hydrogens is 222 g/mol. The first kappa shape index (κ1) is 13.6. The second-order valence-electron chi connectivity index (χ2n) is 5.59. The summed E-state index contributed by atoms with van der Waals surface area (Å²) < 4.78 is 0. The lowest BCUT2D eigenvalue weighted by molar-refractivity contribution is 0.141. The van der Waals surface area contributed by atoms with Gasteiger partial charge in [0, 0.05) is 12.6 Å². The van der Waals surface area contributed by atoms with Gasteiger partial charge in [0.1, 0.15) is 0 Å². The van der Waals surface area contributed by atoms with E-state index in [4.69, 9.17) is 0 Å². The Morgan fingerprint density at radius 1 is 1.22 bits per heavy atom. The van der Waals surface area contributed by atoms with Gasteiger partial charge in [0.2, 0.25) is 0 Å². The van der Waals surface area contributed by atoms with Crippen molar-refractivity contribution < 1.29 is 5.11 Å². The van der Waals surface area contributed by atoms with Crippen molar-refractivity contribution in [2.45, 2.75) is 52.2 Å². The Bertz CT molecular complexity index is 378. The highest BCUT2D eigenvalue weighted by atomic mass is 16.3. The summed E-state index contributed by atoms with van der Waals surface area (Å²) >= 11 is 0. The summed E-state index contributed by atoms with van der Waals surface area (Å²) in [5.41, 5.74) is 3.54. The van der Waals surface area contributed by atoms with Crippen LogP contribution in [0.2, 0.25) is 0 Å². The summed E-state index contributed by atoms with van der Waals surface area (Å²) in [5, 5.41) is 10.3. The zero-order valence-electron chi connectivity index (χ0n) is 11.8. The molecule has 1 aromatic rings.